The van der Waals surface area contributed by atoms with Crippen molar-refractivity contribution in [3.05, 3.63) is 0 Å². The van der Waals surface area contributed by atoms with Crippen molar-refractivity contribution < 1.29 is 23.8 Å². The van der Waals surface area contributed by atoms with Gasteiger partial charge >= 0.3 is 5.97 Å². The van der Waals surface area contributed by atoms with Crippen molar-refractivity contribution in [2.45, 2.75) is 90.8 Å². The standard InChI is InChI=1S/C25H39FO4/c1-14(5-8-20(28)30-4)16-6-7-17-21-18(10-12-24(16,17)2)25(3)11-9-15(27)13-19(25)23(29)22(21)26/h14-19,21-22,27H,5-13H2,1-4H3/t14-,15-,16-,17+,18+,19-,21+,22+,24-,25-/m1/s1. The van der Waals surface area contributed by atoms with Crippen LogP contribution in [0.25, 0.3) is 0 Å². The Labute approximate surface area is 180 Å². The van der Waals surface area contributed by atoms with Crippen LogP contribution in [-0.2, 0) is 14.3 Å². The number of halogens is 1. The largest absolute Gasteiger partial charge is 0.469 e. The highest BCUT2D eigenvalue weighted by molar-refractivity contribution is 5.87. The first-order valence-electron chi connectivity index (χ1n) is 12.1. The molecule has 0 spiro atoms. The van der Waals surface area contributed by atoms with Crippen molar-refractivity contribution in [3.8, 4) is 0 Å². The summed E-state index contributed by atoms with van der Waals surface area (Å²) in [6, 6.07) is 0. The normalized spacial score (nSPS) is 49.0. The third-order valence-electron chi connectivity index (χ3n) is 10.2. The van der Waals surface area contributed by atoms with E-state index < -0.39 is 12.3 Å². The zero-order valence-electron chi connectivity index (χ0n) is 19.0. The Morgan fingerprint density at radius 3 is 2.53 bits per heavy atom. The molecule has 4 aliphatic carbocycles. The van der Waals surface area contributed by atoms with Crippen LogP contribution in [-0.4, -0.2) is 36.2 Å². The fourth-order valence-corrected chi connectivity index (χ4v) is 8.57. The predicted octanol–water partition coefficient (Wildman–Crippen LogP) is 4.72. The van der Waals surface area contributed by atoms with Crippen molar-refractivity contribution in [3.63, 3.8) is 0 Å². The summed E-state index contributed by atoms with van der Waals surface area (Å²) in [4.78, 5) is 24.8. The highest BCUT2D eigenvalue weighted by Gasteiger charge is 2.65. The van der Waals surface area contributed by atoms with Gasteiger partial charge in [0, 0.05) is 18.3 Å². The lowest BCUT2D eigenvalue weighted by Crippen LogP contribution is -2.61. The van der Waals surface area contributed by atoms with Crippen LogP contribution >= 0.6 is 0 Å². The van der Waals surface area contributed by atoms with Crippen molar-refractivity contribution in [1.82, 2.24) is 0 Å². The van der Waals surface area contributed by atoms with Crippen LogP contribution in [0, 0.1) is 46.3 Å². The average molecular weight is 423 g/mol. The Morgan fingerprint density at radius 1 is 1.17 bits per heavy atom. The number of rotatable bonds is 4. The number of hydrogen-bond donors (Lipinski definition) is 1. The maximum Gasteiger partial charge on any atom is 0.305 e. The zero-order chi connectivity index (χ0) is 21.8. The maximum absolute atomic E-state index is 15.7. The molecule has 30 heavy (non-hydrogen) atoms. The molecule has 0 aromatic heterocycles. The van der Waals surface area contributed by atoms with E-state index in [1.165, 1.54) is 7.11 Å². The second-order valence-electron chi connectivity index (χ2n) is 11.4. The van der Waals surface area contributed by atoms with E-state index in [9.17, 15) is 14.7 Å². The Hall–Kier alpha value is -0.970. The first kappa shape index (κ1) is 22.2. The highest BCUT2D eigenvalue weighted by atomic mass is 19.1. The highest BCUT2D eigenvalue weighted by Crippen LogP contribution is 2.68. The molecular weight excluding hydrogens is 383 g/mol. The smallest absolute Gasteiger partial charge is 0.305 e. The number of alkyl halides is 1. The Bertz CT molecular complexity index is 695. The molecule has 4 saturated carbocycles. The number of Topliss-reactive ketones (excluding diaryl/α,β-unsaturated/α-hetero) is 1. The van der Waals surface area contributed by atoms with E-state index in [0.29, 0.717) is 24.7 Å². The van der Waals surface area contributed by atoms with Crippen LogP contribution in [0.4, 0.5) is 4.39 Å². The van der Waals surface area contributed by atoms with E-state index in [2.05, 4.69) is 20.8 Å². The Morgan fingerprint density at radius 2 is 1.83 bits per heavy atom. The minimum absolute atomic E-state index is 0.0404. The van der Waals surface area contributed by atoms with Crippen LogP contribution in [0.5, 0.6) is 0 Å². The van der Waals surface area contributed by atoms with E-state index in [1.54, 1.807) is 0 Å². The fourth-order valence-electron chi connectivity index (χ4n) is 8.57. The van der Waals surface area contributed by atoms with Crippen LogP contribution in [0.2, 0.25) is 0 Å². The number of carbonyl (C=O) groups is 2. The second-order valence-corrected chi connectivity index (χ2v) is 11.4. The van der Waals surface area contributed by atoms with Gasteiger partial charge in [-0.15, -0.1) is 0 Å². The topological polar surface area (TPSA) is 63.6 Å². The molecule has 170 valence electrons. The molecule has 0 aliphatic heterocycles. The van der Waals surface area contributed by atoms with Gasteiger partial charge in [0.15, 0.2) is 12.0 Å². The first-order valence-corrected chi connectivity index (χ1v) is 12.1. The van der Waals surface area contributed by atoms with Gasteiger partial charge < -0.3 is 9.84 Å². The summed E-state index contributed by atoms with van der Waals surface area (Å²) in [5, 5.41) is 10.1. The minimum atomic E-state index is -1.38. The molecule has 0 amide bonds. The quantitative estimate of drug-likeness (QED) is 0.666. The molecule has 10 atom stereocenters. The van der Waals surface area contributed by atoms with Gasteiger partial charge in [0.25, 0.3) is 0 Å². The lowest BCUT2D eigenvalue weighted by atomic mass is 9.43. The zero-order valence-corrected chi connectivity index (χ0v) is 19.0. The van der Waals surface area contributed by atoms with Gasteiger partial charge in [-0.2, -0.15) is 0 Å². The lowest BCUT2D eigenvalue weighted by Gasteiger charge is -2.61. The lowest BCUT2D eigenvalue weighted by molar-refractivity contribution is -0.175. The summed E-state index contributed by atoms with van der Waals surface area (Å²) >= 11 is 0. The molecule has 4 aliphatic rings. The number of fused-ring (bicyclic) bond motifs is 5. The molecule has 0 aromatic rings. The molecule has 4 fully saturated rings. The molecule has 0 radical (unpaired) electrons. The predicted molar refractivity (Wildman–Crippen MR) is 112 cm³/mol. The van der Waals surface area contributed by atoms with Gasteiger partial charge in [-0.1, -0.05) is 20.8 Å². The summed E-state index contributed by atoms with van der Waals surface area (Å²) in [6.45, 7) is 6.77. The van der Waals surface area contributed by atoms with Crippen LogP contribution in [0.3, 0.4) is 0 Å². The van der Waals surface area contributed by atoms with Gasteiger partial charge in [0.1, 0.15) is 0 Å². The Balaban J connectivity index is 1.57. The molecule has 4 rings (SSSR count). The SMILES string of the molecule is COC(=O)CC[C@@H](C)[C@H]1CC[C@H]2[C@@H]3[C@H](F)C(=O)[C@H]4C[C@H](O)CC[C@]4(C)[C@H]3CC[C@]12C. The molecular formula is C25H39FO4. The number of ketones is 1. The fraction of sp³-hybridized carbons (Fsp3) is 0.920. The first-order chi connectivity index (χ1) is 14.1. The minimum Gasteiger partial charge on any atom is -0.469 e. The second kappa shape index (κ2) is 7.86. The van der Waals surface area contributed by atoms with E-state index in [4.69, 9.17) is 4.74 Å². The van der Waals surface area contributed by atoms with E-state index in [0.717, 1.165) is 44.9 Å². The van der Waals surface area contributed by atoms with Gasteiger partial charge in [0.2, 0.25) is 0 Å². The third-order valence-corrected chi connectivity index (χ3v) is 10.2. The molecule has 1 N–H and O–H groups in total. The molecule has 0 unspecified atom stereocenters. The van der Waals surface area contributed by atoms with Crippen molar-refractivity contribution >= 4 is 11.8 Å². The summed E-state index contributed by atoms with van der Waals surface area (Å²) in [5.41, 5.74) is -0.127. The van der Waals surface area contributed by atoms with Crippen LogP contribution in [0.15, 0.2) is 0 Å². The number of aliphatic hydroxyl groups excluding tert-OH is 1. The summed E-state index contributed by atoms with van der Waals surface area (Å²) in [6.07, 6.45) is 5.52. The van der Waals surface area contributed by atoms with E-state index in [1.807, 2.05) is 0 Å². The summed E-state index contributed by atoms with van der Waals surface area (Å²) in [7, 11) is 1.43. The number of carbonyl (C=O) groups excluding carboxylic acids is 2. The number of ether oxygens (including phenoxy) is 1. The molecule has 0 saturated heterocycles. The molecule has 0 heterocycles. The van der Waals surface area contributed by atoms with Crippen LogP contribution in [0.1, 0.15) is 78.6 Å². The number of aliphatic hydroxyl groups is 1. The Kier molecular flexibility index (Phi) is 5.83. The van der Waals surface area contributed by atoms with E-state index in [-0.39, 0.29) is 46.3 Å². The number of hydrogen-bond acceptors (Lipinski definition) is 4. The van der Waals surface area contributed by atoms with Gasteiger partial charge in [-0.25, -0.2) is 4.39 Å². The van der Waals surface area contributed by atoms with Crippen molar-refractivity contribution in [2.75, 3.05) is 7.11 Å². The molecule has 0 bridgehead atoms. The monoisotopic (exact) mass is 422 g/mol. The van der Waals surface area contributed by atoms with Crippen molar-refractivity contribution in [1.29, 1.82) is 0 Å². The van der Waals surface area contributed by atoms with Gasteiger partial charge in [-0.3, -0.25) is 9.59 Å². The van der Waals surface area contributed by atoms with Crippen molar-refractivity contribution in [2.24, 2.45) is 46.3 Å². The molecule has 0 aromatic carbocycles. The number of methoxy groups -OCH3 is 1. The van der Waals surface area contributed by atoms with Gasteiger partial charge in [0.05, 0.1) is 13.2 Å². The average Bonchev–Trinajstić information content (AvgIpc) is 3.08. The molecule has 5 heteroatoms. The third kappa shape index (κ3) is 3.25. The van der Waals surface area contributed by atoms with Crippen LogP contribution < -0.4 is 0 Å². The van der Waals surface area contributed by atoms with E-state index >= 15 is 4.39 Å². The molecule has 4 nitrogen and oxygen atoms in total. The maximum atomic E-state index is 15.7. The van der Waals surface area contributed by atoms with Gasteiger partial charge in [-0.05, 0) is 85.9 Å². The number of esters is 1. The summed E-state index contributed by atoms with van der Waals surface area (Å²) < 4.78 is 20.5. The summed E-state index contributed by atoms with van der Waals surface area (Å²) in [5.74, 6) is 0.448.